The third-order valence-electron chi connectivity index (χ3n) is 10.7. The van der Waals surface area contributed by atoms with Crippen LogP contribution in [0.5, 0.6) is 0 Å². The zero-order valence-corrected chi connectivity index (χ0v) is 29.7. The van der Waals surface area contributed by atoms with E-state index in [-0.39, 0.29) is 0 Å². The second-order valence-corrected chi connectivity index (χ2v) is 14.0. The maximum atomic E-state index is 6.44. The number of aromatic nitrogens is 1. The van der Waals surface area contributed by atoms with Gasteiger partial charge in [-0.2, -0.15) is 0 Å². The number of furan rings is 1. The van der Waals surface area contributed by atoms with Gasteiger partial charge >= 0.3 is 0 Å². The molecule has 258 valence electrons. The van der Waals surface area contributed by atoms with E-state index in [1.54, 1.807) is 0 Å². The van der Waals surface area contributed by atoms with Gasteiger partial charge in [0.05, 0.1) is 5.69 Å². The molecule has 0 N–H and O–H groups in total. The largest absolute Gasteiger partial charge is 0.456 e. The smallest absolute Gasteiger partial charge is 0.227 e. The van der Waals surface area contributed by atoms with Crippen molar-refractivity contribution in [2.45, 2.75) is 0 Å². The Labute approximate surface area is 317 Å². The van der Waals surface area contributed by atoms with Crippen molar-refractivity contribution in [1.82, 2.24) is 4.98 Å². The second-order valence-electron chi connectivity index (χ2n) is 14.0. The molecule has 55 heavy (non-hydrogen) atoms. The predicted molar refractivity (Wildman–Crippen MR) is 227 cm³/mol. The molecule has 11 aromatic rings. The Hall–Kier alpha value is -7.43. The SMILES string of the molecule is c1ccc(-c2nc3cc4oc5cc(-c6ccc(N(c7ccc8c(ccc9ccccc98)c7)c7ccccc7-c7ccccc7)cc6)ccc5c4cc3o2)cc1. The van der Waals surface area contributed by atoms with E-state index in [4.69, 9.17) is 13.8 Å². The highest BCUT2D eigenvalue weighted by Crippen LogP contribution is 2.43. The number of hydrogen-bond donors (Lipinski definition) is 0. The highest BCUT2D eigenvalue weighted by molar-refractivity contribution is 6.10. The van der Waals surface area contributed by atoms with Crippen molar-refractivity contribution in [3.63, 3.8) is 0 Å². The zero-order valence-electron chi connectivity index (χ0n) is 29.7. The number of hydrogen-bond acceptors (Lipinski definition) is 4. The highest BCUT2D eigenvalue weighted by Gasteiger charge is 2.19. The van der Waals surface area contributed by atoms with Gasteiger partial charge in [-0.05, 0) is 98.9 Å². The Morgan fingerprint density at radius 2 is 1.02 bits per heavy atom. The summed E-state index contributed by atoms with van der Waals surface area (Å²) in [5.41, 5.74) is 11.9. The quantitative estimate of drug-likeness (QED) is 0.162. The van der Waals surface area contributed by atoms with Crippen LogP contribution in [0, 0.1) is 0 Å². The van der Waals surface area contributed by atoms with Crippen LogP contribution in [0.15, 0.2) is 203 Å². The van der Waals surface area contributed by atoms with Crippen LogP contribution < -0.4 is 4.90 Å². The monoisotopic (exact) mass is 704 g/mol. The van der Waals surface area contributed by atoms with Crippen LogP contribution in [0.2, 0.25) is 0 Å². The molecule has 0 spiro atoms. The van der Waals surface area contributed by atoms with E-state index in [9.17, 15) is 0 Å². The first-order valence-corrected chi connectivity index (χ1v) is 18.5. The van der Waals surface area contributed by atoms with Crippen molar-refractivity contribution >= 4 is 71.6 Å². The molecule has 0 aliphatic rings. The van der Waals surface area contributed by atoms with Gasteiger partial charge in [0, 0.05) is 39.3 Å². The molecule has 4 nitrogen and oxygen atoms in total. The molecule has 11 rings (SSSR count). The molecule has 0 saturated heterocycles. The number of nitrogens with zero attached hydrogens (tertiary/aromatic N) is 2. The van der Waals surface area contributed by atoms with Gasteiger partial charge in [0.25, 0.3) is 0 Å². The van der Waals surface area contributed by atoms with Gasteiger partial charge in [-0.3, -0.25) is 0 Å². The van der Waals surface area contributed by atoms with Crippen LogP contribution in [0.25, 0.3) is 88.3 Å². The van der Waals surface area contributed by atoms with Gasteiger partial charge in [0.1, 0.15) is 16.7 Å². The summed E-state index contributed by atoms with van der Waals surface area (Å²) < 4.78 is 12.6. The molecule has 0 amide bonds. The summed E-state index contributed by atoms with van der Waals surface area (Å²) in [6.07, 6.45) is 0. The Balaban J connectivity index is 0.991. The second kappa shape index (κ2) is 12.6. The molecule has 2 aromatic heterocycles. The molecule has 0 aliphatic heterocycles. The summed E-state index contributed by atoms with van der Waals surface area (Å²) in [4.78, 5) is 7.12. The molecule has 9 aromatic carbocycles. The summed E-state index contributed by atoms with van der Waals surface area (Å²) >= 11 is 0. The van der Waals surface area contributed by atoms with Gasteiger partial charge in [-0.25, -0.2) is 4.98 Å². The van der Waals surface area contributed by atoms with E-state index in [1.165, 1.54) is 32.7 Å². The Kier molecular flexibility index (Phi) is 7.14. The standard InChI is InChI=1S/C51H32N2O2/c1-3-11-34(12-4-1)43-17-9-10-18-47(43)53(40-26-28-42-38(29-40)20-19-35-13-7-8-16-41(35)42)39-24-21-33(22-25-39)37-23-27-44-45-31-50-46(32-49(45)54-48(44)30-37)52-51(55-50)36-14-5-2-6-15-36/h1-32H. The maximum absolute atomic E-state index is 6.44. The molecule has 4 heteroatoms. The molecule has 0 bridgehead atoms. The molecule has 0 unspecified atom stereocenters. The molecular weight excluding hydrogens is 673 g/mol. The van der Waals surface area contributed by atoms with Crippen LogP contribution in [0.3, 0.4) is 0 Å². The molecule has 0 saturated carbocycles. The van der Waals surface area contributed by atoms with E-state index in [1.807, 2.05) is 42.5 Å². The van der Waals surface area contributed by atoms with Crippen LogP contribution >= 0.6 is 0 Å². The van der Waals surface area contributed by atoms with E-state index < -0.39 is 0 Å². The lowest BCUT2D eigenvalue weighted by molar-refractivity contribution is 0.620. The Bertz CT molecular complexity index is 3200. The predicted octanol–water partition coefficient (Wildman–Crippen LogP) is 14.5. The fourth-order valence-electron chi connectivity index (χ4n) is 7.98. The molecule has 0 aliphatic carbocycles. The summed E-state index contributed by atoms with van der Waals surface area (Å²) in [7, 11) is 0. The lowest BCUT2D eigenvalue weighted by atomic mass is 9.99. The fourth-order valence-corrected chi connectivity index (χ4v) is 7.98. The van der Waals surface area contributed by atoms with Crippen molar-refractivity contribution < 1.29 is 8.83 Å². The first kappa shape index (κ1) is 31.1. The van der Waals surface area contributed by atoms with Crippen LogP contribution in [0.4, 0.5) is 17.1 Å². The third kappa shape index (κ3) is 5.34. The zero-order chi connectivity index (χ0) is 36.3. The number of para-hydroxylation sites is 1. The maximum Gasteiger partial charge on any atom is 0.227 e. The van der Waals surface area contributed by atoms with Crippen LogP contribution in [-0.2, 0) is 0 Å². The summed E-state index contributed by atoms with van der Waals surface area (Å²) in [5, 5.41) is 7.01. The van der Waals surface area contributed by atoms with Gasteiger partial charge in [-0.1, -0.05) is 127 Å². The minimum Gasteiger partial charge on any atom is -0.456 e. The third-order valence-corrected chi connectivity index (χ3v) is 10.7. The van der Waals surface area contributed by atoms with Crippen molar-refractivity contribution in [2.75, 3.05) is 4.90 Å². The Morgan fingerprint density at radius 3 is 1.87 bits per heavy atom. The van der Waals surface area contributed by atoms with E-state index in [2.05, 4.69) is 157 Å². The molecule has 0 radical (unpaired) electrons. The van der Waals surface area contributed by atoms with Gasteiger partial charge < -0.3 is 13.7 Å². The number of oxazole rings is 1. The van der Waals surface area contributed by atoms with E-state index in [0.29, 0.717) is 5.89 Å². The molecular formula is C51H32N2O2. The summed E-state index contributed by atoms with van der Waals surface area (Å²) in [5.74, 6) is 0.606. The number of benzene rings is 9. The van der Waals surface area contributed by atoms with Crippen LogP contribution in [0.1, 0.15) is 0 Å². The number of rotatable bonds is 6. The molecule has 2 heterocycles. The summed E-state index contributed by atoms with van der Waals surface area (Å²) in [6, 6.07) is 68.4. The normalized spacial score (nSPS) is 11.6. The average Bonchev–Trinajstić information content (AvgIpc) is 3.84. The average molecular weight is 705 g/mol. The minimum atomic E-state index is 0.606. The first-order chi connectivity index (χ1) is 27.2. The topological polar surface area (TPSA) is 42.4 Å². The van der Waals surface area contributed by atoms with Crippen LogP contribution in [-0.4, -0.2) is 4.98 Å². The van der Waals surface area contributed by atoms with Crippen molar-refractivity contribution in [2.24, 2.45) is 0 Å². The summed E-state index contributed by atoms with van der Waals surface area (Å²) in [6.45, 7) is 0. The number of anilines is 3. The molecule has 0 atom stereocenters. The van der Waals surface area contributed by atoms with E-state index in [0.717, 1.165) is 66.8 Å². The van der Waals surface area contributed by atoms with Crippen molar-refractivity contribution in [3.8, 4) is 33.7 Å². The Morgan fingerprint density at radius 1 is 0.364 bits per heavy atom. The van der Waals surface area contributed by atoms with Crippen molar-refractivity contribution in [3.05, 3.63) is 194 Å². The van der Waals surface area contributed by atoms with Gasteiger partial charge in [0.15, 0.2) is 5.58 Å². The lowest BCUT2D eigenvalue weighted by Crippen LogP contribution is -2.11. The van der Waals surface area contributed by atoms with Crippen molar-refractivity contribution in [1.29, 1.82) is 0 Å². The van der Waals surface area contributed by atoms with Gasteiger partial charge in [-0.15, -0.1) is 0 Å². The van der Waals surface area contributed by atoms with E-state index >= 15 is 0 Å². The lowest BCUT2D eigenvalue weighted by Gasteiger charge is -2.28. The minimum absolute atomic E-state index is 0.606. The first-order valence-electron chi connectivity index (χ1n) is 18.5. The van der Waals surface area contributed by atoms with Gasteiger partial charge in [0.2, 0.25) is 5.89 Å². The highest BCUT2D eigenvalue weighted by atomic mass is 16.4. The number of fused-ring (bicyclic) bond motifs is 7. The molecule has 0 fully saturated rings. The fraction of sp³-hybridized carbons (Fsp3) is 0.